The topological polar surface area (TPSA) is 52.0 Å². The summed E-state index contributed by atoms with van der Waals surface area (Å²) < 4.78 is 18.2. The molecule has 0 atom stereocenters. The first-order chi connectivity index (χ1) is 7.69. The number of halogens is 1. The van der Waals surface area contributed by atoms with E-state index >= 15 is 0 Å². The Balaban J connectivity index is 2.27. The second kappa shape index (κ2) is 4.67. The van der Waals surface area contributed by atoms with Gasteiger partial charge in [-0.1, -0.05) is 0 Å². The largest absolute Gasteiger partial charge is 0.439 e. The fraction of sp³-hybridized carbons (Fsp3) is 0.182. The predicted octanol–water partition coefficient (Wildman–Crippen LogP) is 2.73. The van der Waals surface area contributed by atoms with Crippen molar-refractivity contribution >= 4 is 11.8 Å². The Kier molecular flexibility index (Phi) is 3.26. The Morgan fingerprint density at radius 3 is 2.94 bits per heavy atom. The SMILES string of the molecule is Cc1coc(Sc2ccc(F)cc2CN)n1. The molecule has 0 fully saturated rings. The highest BCUT2D eigenvalue weighted by Gasteiger charge is 2.08. The van der Waals surface area contributed by atoms with E-state index in [1.807, 2.05) is 6.92 Å². The normalized spacial score (nSPS) is 10.7. The first kappa shape index (κ1) is 11.2. The molecule has 1 aromatic carbocycles. The third kappa shape index (κ3) is 2.43. The number of hydrogen-bond acceptors (Lipinski definition) is 4. The van der Waals surface area contributed by atoms with Gasteiger partial charge in [-0.25, -0.2) is 9.37 Å². The third-order valence-corrected chi connectivity index (χ3v) is 3.02. The lowest BCUT2D eigenvalue weighted by atomic mass is 10.2. The molecule has 84 valence electrons. The van der Waals surface area contributed by atoms with Crippen molar-refractivity contribution < 1.29 is 8.81 Å². The minimum atomic E-state index is -0.284. The van der Waals surface area contributed by atoms with E-state index in [1.165, 1.54) is 23.9 Å². The van der Waals surface area contributed by atoms with Crippen molar-refractivity contribution in [2.75, 3.05) is 0 Å². The molecule has 0 saturated carbocycles. The van der Waals surface area contributed by atoms with Gasteiger partial charge < -0.3 is 10.2 Å². The maximum absolute atomic E-state index is 13.0. The Morgan fingerprint density at radius 1 is 1.50 bits per heavy atom. The van der Waals surface area contributed by atoms with E-state index in [-0.39, 0.29) is 5.82 Å². The molecule has 0 saturated heterocycles. The number of aromatic nitrogens is 1. The van der Waals surface area contributed by atoms with Crippen LogP contribution in [0.15, 0.2) is 39.0 Å². The van der Waals surface area contributed by atoms with Crippen LogP contribution in [0.2, 0.25) is 0 Å². The van der Waals surface area contributed by atoms with Gasteiger partial charge in [-0.3, -0.25) is 0 Å². The van der Waals surface area contributed by atoms with Gasteiger partial charge in [0.25, 0.3) is 5.22 Å². The molecule has 0 unspecified atom stereocenters. The van der Waals surface area contributed by atoms with Crippen molar-refractivity contribution in [1.82, 2.24) is 4.98 Å². The van der Waals surface area contributed by atoms with E-state index < -0.39 is 0 Å². The Morgan fingerprint density at radius 2 is 2.31 bits per heavy atom. The molecule has 0 aliphatic rings. The van der Waals surface area contributed by atoms with Crippen LogP contribution in [-0.4, -0.2) is 4.98 Å². The van der Waals surface area contributed by atoms with E-state index in [0.29, 0.717) is 11.8 Å². The molecule has 0 radical (unpaired) electrons. The Bertz CT molecular complexity index is 498. The zero-order valence-corrected chi connectivity index (χ0v) is 9.55. The fourth-order valence-corrected chi connectivity index (χ4v) is 2.16. The highest BCUT2D eigenvalue weighted by atomic mass is 32.2. The van der Waals surface area contributed by atoms with Crippen LogP contribution < -0.4 is 5.73 Å². The first-order valence-corrected chi connectivity index (χ1v) is 5.59. The zero-order chi connectivity index (χ0) is 11.5. The molecule has 0 aliphatic heterocycles. The molecule has 3 nitrogen and oxygen atoms in total. The average molecular weight is 238 g/mol. The number of nitrogens with two attached hydrogens (primary N) is 1. The fourth-order valence-electron chi connectivity index (χ4n) is 1.28. The number of oxazole rings is 1. The maximum atomic E-state index is 13.0. The summed E-state index contributed by atoms with van der Waals surface area (Å²) in [4.78, 5) is 5.03. The van der Waals surface area contributed by atoms with Crippen LogP contribution in [0.4, 0.5) is 4.39 Å². The van der Waals surface area contributed by atoms with Gasteiger partial charge in [-0.15, -0.1) is 0 Å². The van der Waals surface area contributed by atoms with E-state index in [0.717, 1.165) is 16.2 Å². The predicted molar refractivity (Wildman–Crippen MR) is 59.7 cm³/mol. The van der Waals surface area contributed by atoms with Gasteiger partial charge in [0.15, 0.2) is 0 Å². The summed E-state index contributed by atoms with van der Waals surface area (Å²) in [5.41, 5.74) is 7.12. The summed E-state index contributed by atoms with van der Waals surface area (Å²) in [7, 11) is 0. The standard InChI is InChI=1S/C11H11FN2OS/c1-7-6-15-11(14-7)16-10-3-2-9(12)4-8(10)5-13/h2-4,6H,5,13H2,1H3. The monoisotopic (exact) mass is 238 g/mol. The number of rotatable bonds is 3. The lowest BCUT2D eigenvalue weighted by molar-refractivity contribution is 0.454. The zero-order valence-electron chi connectivity index (χ0n) is 8.74. The van der Waals surface area contributed by atoms with Gasteiger partial charge in [-0.05, 0) is 42.4 Å². The molecule has 0 bridgehead atoms. The lowest BCUT2D eigenvalue weighted by Crippen LogP contribution is -1.99. The molecule has 1 heterocycles. The maximum Gasteiger partial charge on any atom is 0.260 e. The van der Waals surface area contributed by atoms with Crippen LogP contribution in [0.1, 0.15) is 11.3 Å². The summed E-state index contributed by atoms with van der Waals surface area (Å²) in [6.07, 6.45) is 1.58. The Hall–Kier alpha value is -1.33. The molecule has 5 heteroatoms. The van der Waals surface area contributed by atoms with Crippen LogP contribution in [0.5, 0.6) is 0 Å². The van der Waals surface area contributed by atoms with E-state index in [2.05, 4.69) is 4.98 Å². The van der Waals surface area contributed by atoms with Crippen LogP contribution in [0.3, 0.4) is 0 Å². The van der Waals surface area contributed by atoms with Crippen molar-refractivity contribution in [3.63, 3.8) is 0 Å². The lowest BCUT2D eigenvalue weighted by Gasteiger charge is -2.04. The van der Waals surface area contributed by atoms with Crippen LogP contribution in [-0.2, 0) is 6.54 Å². The van der Waals surface area contributed by atoms with Crippen molar-refractivity contribution in [2.45, 2.75) is 23.6 Å². The summed E-state index contributed by atoms with van der Waals surface area (Å²) in [6.45, 7) is 2.14. The molecule has 0 amide bonds. The van der Waals surface area contributed by atoms with Gasteiger partial charge in [0, 0.05) is 11.4 Å². The van der Waals surface area contributed by atoms with E-state index in [4.69, 9.17) is 10.2 Å². The highest BCUT2D eigenvalue weighted by Crippen LogP contribution is 2.30. The number of hydrogen-bond donors (Lipinski definition) is 1. The smallest absolute Gasteiger partial charge is 0.260 e. The van der Waals surface area contributed by atoms with Crippen molar-refractivity contribution in [3.8, 4) is 0 Å². The molecule has 16 heavy (non-hydrogen) atoms. The molecular formula is C11H11FN2OS. The first-order valence-electron chi connectivity index (χ1n) is 4.77. The molecule has 2 aromatic rings. The Labute approximate surface area is 96.9 Å². The van der Waals surface area contributed by atoms with E-state index in [9.17, 15) is 4.39 Å². The number of nitrogens with zero attached hydrogens (tertiary/aromatic N) is 1. The minimum absolute atomic E-state index is 0.284. The second-order valence-corrected chi connectivity index (χ2v) is 4.31. The van der Waals surface area contributed by atoms with Crippen LogP contribution in [0, 0.1) is 12.7 Å². The van der Waals surface area contributed by atoms with Crippen LogP contribution >= 0.6 is 11.8 Å². The summed E-state index contributed by atoms with van der Waals surface area (Å²) in [5, 5.41) is 0.541. The molecule has 1 aromatic heterocycles. The molecule has 2 rings (SSSR count). The summed E-state index contributed by atoms with van der Waals surface area (Å²) in [5.74, 6) is -0.284. The van der Waals surface area contributed by atoms with Gasteiger partial charge in [-0.2, -0.15) is 0 Å². The van der Waals surface area contributed by atoms with Crippen molar-refractivity contribution in [3.05, 3.63) is 41.5 Å². The molecular weight excluding hydrogens is 227 g/mol. The highest BCUT2D eigenvalue weighted by molar-refractivity contribution is 7.99. The summed E-state index contributed by atoms with van der Waals surface area (Å²) in [6, 6.07) is 4.51. The minimum Gasteiger partial charge on any atom is -0.439 e. The number of benzene rings is 1. The number of aryl methyl sites for hydroxylation is 1. The third-order valence-electron chi connectivity index (χ3n) is 2.04. The van der Waals surface area contributed by atoms with Gasteiger partial charge in [0.05, 0.1) is 5.69 Å². The van der Waals surface area contributed by atoms with Gasteiger partial charge in [0.2, 0.25) is 0 Å². The van der Waals surface area contributed by atoms with Crippen molar-refractivity contribution in [2.24, 2.45) is 5.73 Å². The van der Waals surface area contributed by atoms with Gasteiger partial charge in [0.1, 0.15) is 12.1 Å². The van der Waals surface area contributed by atoms with Crippen LogP contribution in [0.25, 0.3) is 0 Å². The average Bonchev–Trinajstić information content (AvgIpc) is 2.67. The second-order valence-electron chi connectivity index (χ2n) is 3.31. The van der Waals surface area contributed by atoms with Crippen molar-refractivity contribution in [1.29, 1.82) is 0 Å². The quantitative estimate of drug-likeness (QED) is 0.893. The van der Waals surface area contributed by atoms with E-state index in [1.54, 1.807) is 12.3 Å². The molecule has 2 N–H and O–H groups in total. The summed E-state index contributed by atoms with van der Waals surface area (Å²) >= 11 is 1.34. The molecule has 0 aliphatic carbocycles. The molecule has 0 spiro atoms. The van der Waals surface area contributed by atoms with Gasteiger partial charge >= 0.3 is 0 Å².